The summed E-state index contributed by atoms with van der Waals surface area (Å²) in [5.74, 6) is -0.447. The van der Waals surface area contributed by atoms with Crippen LogP contribution >= 0.6 is 0 Å². The van der Waals surface area contributed by atoms with E-state index in [0.717, 1.165) is 5.56 Å². The minimum Gasteiger partial charge on any atom is -0.364 e. The summed E-state index contributed by atoms with van der Waals surface area (Å²) in [5.41, 5.74) is 1.60. The minimum absolute atomic E-state index is 0.142. The number of sulfonamides is 1. The van der Waals surface area contributed by atoms with Gasteiger partial charge in [0, 0.05) is 12.1 Å². The van der Waals surface area contributed by atoms with Crippen LogP contribution in [0, 0.1) is 5.82 Å². The Bertz CT molecular complexity index is 1040. The Morgan fingerprint density at radius 1 is 0.885 bits per heavy atom. The number of fused-ring (bicyclic) bond motifs is 1. The smallest absolute Gasteiger partial charge is 0.247 e. The van der Waals surface area contributed by atoms with Crippen molar-refractivity contribution in [2.75, 3.05) is 5.32 Å². The summed E-state index contributed by atoms with van der Waals surface area (Å²) in [6.07, 6.45) is -0.823. The van der Waals surface area contributed by atoms with Crippen molar-refractivity contribution in [2.24, 2.45) is 0 Å². The third-order valence-corrected chi connectivity index (χ3v) is 6.30. The van der Waals surface area contributed by atoms with Crippen molar-refractivity contribution in [3.63, 3.8) is 0 Å². The molecule has 1 unspecified atom stereocenters. The average molecular weight is 368 g/mol. The van der Waals surface area contributed by atoms with Gasteiger partial charge in [0.05, 0.1) is 5.69 Å². The molecule has 1 aliphatic rings. The van der Waals surface area contributed by atoms with Crippen LogP contribution in [0.2, 0.25) is 0 Å². The van der Waals surface area contributed by atoms with Crippen LogP contribution < -0.4 is 5.32 Å². The van der Waals surface area contributed by atoms with Crippen LogP contribution in [0.5, 0.6) is 0 Å². The highest BCUT2D eigenvalue weighted by molar-refractivity contribution is 7.89. The molecule has 6 heteroatoms. The quantitative estimate of drug-likeness (QED) is 0.756. The predicted octanol–water partition coefficient (Wildman–Crippen LogP) is 4.14. The molecule has 0 aliphatic carbocycles. The predicted molar refractivity (Wildman–Crippen MR) is 98.4 cm³/mol. The van der Waals surface area contributed by atoms with Gasteiger partial charge in [-0.05, 0) is 23.8 Å². The van der Waals surface area contributed by atoms with Gasteiger partial charge in [-0.3, -0.25) is 0 Å². The number of anilines is 1. The van der Waals surface area contributed by atoms with Crippen molar-refractivity contribution in [3.05, 3.63) is 95.8 Å². The molecule has 3 aromatic carbocycles. The summed E-state index contributed by atoms with van der Waals surface area (Å²) in [6, 6.07) is 22.2. The lowest BCUT2D eigenvalue weighted by atomic mass is 10.1. The third kappa shape index (κ3) is 2.87. The van der Waals surface area contributed by atoms with Crippen molar-refractivity contribution in [3.8, 4) is 0 Å². The number of rotatable bonds is 3. The molecule has 1 aliphatic heterocycles. The second kappa shape index (κ2) is 6.55. The molecule has 0 bridgehead atoms. The number of nitrogens with one attached hydrogen (secondary N) is 1. The van der Waals surface area contributed by atoms with Gasteiger partial charge in [-0.15, -0.1) is 0 Å². The molecule has 4 nitrogen and oxygen atoms in total. The Morgan fingerprint density at radius 3 is 2.31 bits per heavy atom. The zero-order chi connectivity index (χ0) is 18.1. The molecule has 26 heavy (non-hydrogen) atoms. The summed E-state index contributed by atoms with van der Waals surface area (Å²) in [5, 5.41) is 3.19. The summed E-state index contributed by atoms with van der Waals surface area (Å²) in [4.78, 5) is 0.198. The maximum Gasteiger partial charge on any atom is 0.247 e. The molecule has 132 valence electrons. The molecule has 3 aromatic rings. The summed E-state index contributed by atoms with van der Waals surface area (Å²) >= 11 is 0. The number of halogens is 1. The molecule has 0 aromatic heterocycles. The van der Waals surface area contributed by atoms with Crippen molar-refractivity contribution < 1.29 is 12.8 Å². The monoisotopic (exact) mass is 368 g/mol. The molecule has 1 atom stereocenters. The Hall–Kier alpha value is -2.70. The average Bonchev–Trinajstić information content (AvgIpc) is 2.65. The lowest BCUT2D eigenvalue weighted by Crippen LogP contribution is -2.42. The largest absolute Gasteiger partial charge is 0.364 e. The third-order valence-electron chi connectivity index (χ3n) is 4.43. The summed E-state index contributed by atoms with van der Waals surface area (Å²) < 4.78 is 42.3. The van der Waals surface area contributed by atoms with Crippen molar-refractivity contribution in [1.82, 2.24) is 4.31 Å². The molecule has 0 saturated carbocycles. The number of nitrogens with zero attached hydrogens (tertiary/aromatic N) is 1. The fourth-order valence-electron chi connectivity index (χ4n) is 3.16. The van der Waals surface area contributed by atoms with Crippen molar-refractivity contribution in [1.29, 1.82) is 0 Å². The number of benzene rings is 3. The Kier molecular flexibility index (Phi) is 4.22. The van der Waals surface area contributed by atoms with Gasteiger partial charge in [0.25, 0.3) is 0 Å². The molecule has 1 heterocycles. The van der Waals surface area contributed by atoms with Crippen LogP contribution in [0.15, 0.2) is 83.8 Å². The van der Waals surface area contributed by atoms with Crippen LogP contribution in [0.1, 0.15) is 17.3 Å². The minimum atomic E-state index is -3.79. The number of hydrogen-bond acceptors (Lipinski definition) is 3. The van der Waals surface area contributed by atoms with Crippen LogP contribution in [-0.4, -0.2) is 12.7 Å². The van der Waals surface area contributed by atoms with Crippen LogP contribution in [0.25, 0.3) is 0 Å². The van der Waals surface area contributed by atoms with E-state index in [-0.39, 0.29) is 11.4 Å². The summed E-state index contributed by atoms with van der Waals surface area (Å²) in [7, 11) is -3.79. The van der Waals surface area contributed by atoms with E-state index in [9.17, 15) is 12.8 Å². The zero-order valence-electron chi connectivity index (χ0n) is 13.8. The SMILES string of the molecule is O=S1(=O)c2ccccc2NC(c2ccccc2F)N1Cc1ccccc1. The van der Waals surface area contributed by atoms with E-state index >= 15 is 0 Å². The van der Waals surface area contributed by atoms with Gasteiger partial charge in [0.2, 0.25) is 10.0 Å². The first-order valence-electron chi connectivity index (χ1n) is 8.23. The van der Waals surface area contributed by atoms with Gasteiger partial charge >= 0.3 is 0 Å². The molecule has 0 saturated heterocycles. The van der Waals surface area contributed by atoms with E-state index in [2.05, 4.69) is 5.32 Å². The Balaban J connectivity index is 1.86. The fourth-order valence-corrected chi connectivity index (χ4v) is 4.84. The van der Waals surface area contributed by atoms with Crippen LogP contribution in [0.4, 0.5) is 10.1 Å². The Morgan fingerprint density at radius 2 is 1.54 bits per heavy atom. The molecule has 1 N–H and O–H groups in total. The molecule has 0 fully saturated rings. The molecule has 0 spiro atoms. The highest BCUT2D eigenvalue weighted by Crippen LogP contribution is 2.39. The standard InChI is InChI=1S/C20H17FN2O2S/c21-17-11-5-4-10-16(17)20-22-18-12-6-7-13-19(18)26(24,25)23(20)14-15-8-2-1-3-9-15/h1-13,20,22H,14H2. The second-order valence-corrected chi connectivity index (χ2v) is 7.96. The van der Waals surface area contributed by atoms with Gasteiger partial charge in [0.15, 0.2) is 0 Å². The number of hydrogen-bond donors (Lipinski definition) is 1. The van der Waals surface area contributed by atoms with E-state index in [0.29, 0.717) is 11.3 Å². The van der Waals surface area contributed by atoms with E-state index in [4.69, 9.17) is 0 Å². The highest BCUT2D eigenvalue weighted by atomic mass is 32.2. The lowest BCUT2D eigenvalue weighted by molar-refractivity contribution is 0.329. The molecule has 4 rings (SSSR count). The van der Waals surface area contributed by atoms with Crippen molar-refractivity contribution >= 4 is 15.7 Å². The maximum atomic E-state index is 14.5. The second-order valence-electron chi connectivity index (χ2n) is 6.10. The molecule has 0 amide bonds. The first-order valence-corrected chi connectivity index (χ1v) is 9.67. The van der Waals surface area contributed by atoms with Gasteiger partial charge in [0.1, 0.15) is 16.9 Å². The Labute approximate surface area is 152 Å². The van der Waals surface area contributed by atoms with Crippen LogP contribution in [-0.2, 0) is 16.6 Å². The highest BCUT2D eigenvalue weighted by Gasteiger charge is 2.39. The first-order chi connectivity index (χ1) is 12.6. The zero-order valence-corrected chi connectivity index (χ0v) is 14.7. The van der Waals surface area contributed by atoms with Gasteiger partial charge in [-0.2, -0.15) is 4.31 Å². The van der Waals surface area contributed by atoms with Crippen molar-refractivity contribution in [2.45, 2.75) is 17.6 Å². The first kappa shape index (κ1) is 16.8. The van der Waals surface area contributed by atoms with Gasteiger partial charge < -0.3 is 5.32 Å². The molecular weight excluding hydrogens is 351 g/mol. The number of para-hydroxylation sites is 1. The van der Waals surface area contributed by atoms with E-state index in [1.165, 1.54) is 10.4 Å². The van der Waals surface area contributed by atoms with E-state index < -0.39 is 22.0 Å². The molecule has 0 radical (unpaired) electrons. The lowest BCUT2D eigenvalue weighted by Gasteiger charge is -2.37. The normalized spacial score (nSPS) is 18.7. The summed E-state index contributed by atoms with van der Waals surface area (Å²) in [6.45, 7) is 0.142. The topological polar surface area (TPSA) is 49.4 Å². The van der Waals surface area contributed by atoms with Gasteiger partial charge in [-0.1, -0.05) is 60.7 Å². The van der Waals surface area contributed by atoms with E-state index in [1.807, 2.05) is 30.3 Å². The van der Waals surface area contributed by atoms with Crippen LogP contribution in [0.3, 0.4) is 0 Å². The molecular formula is C20H17FN2O2S. The fraction of sp³-hybridized carbons (Fsp3) is 0.100. The van der Waals surface area contributed by atoms with Gasteiger partial charge in [-0.25, -0.2) is 12.8 Å². The van der Waals surface area contributed by atoms with E-state index in [1.54, 1.807) is 42.5 Å². The maximum absolute atomic E-state index is 14.5.